The molecule has 1 fully saturated rings. The lowest BCUT2D eigenvalue weighted by atomic mass is 10.4. The summed E-state index contributed by atoms with van der Waals surface area (Å²) in [5.74, 6) is -1.47. The Morgan fingerprint density at radius 3 is 2.23 bits per heavy atom. The largest absolute Gasteiger partial charge is 0.479 e. The van der Waals surface area contributed by atoms with Gasteiger partial charge in [0.15, 0.2) is 9.84 Å². The number of hydrogen-bond donors (Lipinski definition) is 2. The molecular formula is C7H13NO4S. The molecule has 76 valence electrons. The fourth-order valence-corrected chi connectivity index (χ4v) is 3.25. The first-order chi connectivity index (χ1) is 5.96. The van der Waals surface area contributed by atoms with Crippen LogP contribution in [0.5, 0.6) is 0 Å². The van der Waals surface area contributed by atoms with Gasteiger partial charge in [0.25, 0.3) is 0 Å². The van der Waals surface area contributed by atoms with Crippen LogP contribution in [0.15, 0.2) is 0 Å². The van der Waals surface area contributed by atoms with E-state index in [4.69, 9.17) is 10.8 Å². The van der Waals surface area contributed by atoms with Crippen molar-refractivity contribution in [3.8, 4) is 0 Å². The summed E-state index contributed by atoms with van der Waals surface area (Å²) in [6.07, 6.45) is 2.78. The molecule has 13 heavy (non-hydrogen) atoms. The van der Waals surface area contributed by atoms with E-state index in [0.29, 0.717) is 12.8 Å². The summed E-state index contributed by atoms with van der Waals surface area (Å²) in [4.78, 5) is 10.4. The predicted molar refractivity (Wildman–Crippen MR) is 46.8 cm³/mol. The minimum Gasteiger partial charge on any atom is -0.479 e. The zero-order valence-electron chi connectivity index (χ0n) is 7.14. The van der Waals surface area contributed by atoms with Gasteiger partial charge < -0.3 is 10.8 Å². The zero-order valence-corrected chi connectivity index (χ0v) is 7.96. The molecule has 0 saturated heterocycles. The highest BCUT2D eigenvalue weighted by molar-refractivity contribution is 7.93. The van der Waals surface area contributed by atoms with Gasteiger partial charge in [-0.25, -0.2) is 13.2 Å². The van der Waals surface area contributed by atoms with Crippen molar-refractivity contribution in [1.82, 2.24) is 0 Å². The molecule has 5 nitrogen and oxygen atoms in total. The van der Waals surface area contributed by atoms with E-state index in [9.17, 15) is 13.2 Å². The Labute approximate surface area is 76.8 Å². The minimum atomic E-state index is -3.66. The monoisotopic (exact) mass is 207 g/mol. The van der Waals surface area contributed by atoms with E-state index in [1.54, 1.807) is 0 Å². The van der Waals surface area contributed by atoms with Gasteiger partial charge in [0.05, 0.1) is 5.25 Å². The molecule has 0 aromatic rings. The topological polar surface area (TPSA) is 97.5 Å². The average Bonchev–Trinajstić information content (AvgIpc) is 2.54. The zero-order chi connectivity index (χ0) is 10.1. The Morgan fingerprint density at radius 1 is 1.38 bits per heavy atom. The molecule has 0 bridgehead atoms. The Hall–Kier alpha value is -0.620. The van der Waals surface area contributed by atoms with Gasteiger partial charge in [-0.2, -0.15) is 0 Å². The van der Waals surface area contributed by atoms with E-state index >= 15 is 0 Å². The number of aliphatic carboxylic acids is 1. The van der Waals surface area contributed by atoms with Crippen LogP contribution in [0, 0.1) is 0 Å². The number of carbonyl (C=O) groups is 1. The van der Waals surface area contributed by atoms with E-state index < -0.39 is 26.4 Å². The first-order valence-electron chi connectivity index (χ1n) is 4.17. The van der Waals surface area contributed by atoms with Crippen molar-refractivity contribution < 1.29 is 18.3 Å². The summed E-state index contributed by atoms with van der Waals surface area (Å²) >= 11 is 0. The van der Waals surface area contributed by atoms with Crippen LogP contribution in [-0.4, -0.2) is 30.1 Å². The maximum Gasteiger partial charge on any atom is 0.336 e. The fraction of sp³-hybridized carbons (Fsp3) is 0.857. The Balaban J connectivity index is 2.81. The standard InChI is InChI=1S/C7H13NO4S/c8-6(7(9)10)13(11,12)5-3-1-2-4-5/h5-6H,1-4,8H2,(H,9,10). The second kappa shape index (κ2) is 3.63. The lowest BCUT2D eigenvalue weighted by Crippen LogP contribution is -2.43. The van der Waals surface area contributed by atoms with E-state index in [2.05, 4.69) is 0 Å². The Bertz CT molecular complexity index is 292. The van der Waals surface area contributed by atoms with Gasteiger partial charge in [-0.05, 0) is 12.8 Å². The van der Waals surface area contributed by atoms with Crippen molar-refractivity contribution in [1.29, 1.82) is 0 Å². The first kappa shape index (κ1) is 10.5. The molecule has 1 saturated carbocycles. The van der Waals surface area contributed by atoms with Crippen LogP contribution in [0.3, 0.4) is 0 Å². The van der Waals surface area contributed by atoms with Crippen LogP contribution < -0.4 is 5.73 Å². The molecule has 0 aliphatic heterocycles. The van der Waals surface area contributed by atoms with Crippen LogP contribution in [-0.2, 0) is 14.6 Å². The first-order valence-corrected chi connectivity index (χ1v) is 5.78. The molecule has 1 rings (SSSR count). The lowest BCUT2D eigenvalue weighted by molar-refractivity contribution is -0.136. The third-order valence-electron chi connectivity index (χ3n) is 2.36. The van der Waals surface area contributed by atoms with Crippen LogP contribution in [0.4, 0.5) is 0 Å². The molecule has 0 aromatic heterocycles. The molecule has 1 aliphatic rings. The summed E-state index contributed by atoms with van der Waals surface area (Å²) in [6, 6.07) is 0. The molecule has 1 unspecified atom stereocenters. The van der Waals surface area contributed by atoms with Crippen LogP contribution in [0.25, 0.3) is 0 Å². The van der Waals surface area contributed by atoms with Crippen molar-refractivity contribution in [3.63, 3.8) is 0 Å². The van der Waals surface area contributed by atoms with Gasteiger partial charge in [0.1, 0.15) is 0 Å². The average molecular weight is 207 g/mol. The summed E-state index contributed by atoms with van der Waals surface area (Å²) in [7, 11) is -3.66. The molecule has 0 heterocycles. The summed E-state index contributed by atoms with van der Waals surface area (Å²) in [5, 5.41) is 6.18. The van der Waals surface area contributed by atoms with Crippen LogP contribution >= 0.6 is 0 Å². The molecule has 0 spiro atoms. The van der Waals surface area contributed by atoms with Gasteiger partial charge in [-0.1, -0.05) is 12.8 Å². The van der Waals surface area contributed by atoms with Gasteiger partial charge in [0, 0.05) is 0 Å². The highest BCUT2D eigenvalue weighted by Gasteiger charge is 2.37. The fourth-order valence-electron chi connectivity index (χ4n) is 1.56. The van der Waals surface area contributed by atoms with Crippen molar-refractivity contribution in [3.05, 3.63) is 0 Å². The van der Waals surface area contributed by atoms with E-state index in [0.717, 1.165) is 12.8 Å². The SMILES string of the molecule is NC(C(=O)O)S(=O)(=O)C1CCCC1. The van der Waals surface area contributed by atoms with E-state index in [-0.39, 0.29) is 0 Å². The van der Waals surface area contributed by atoms with Crippen LogP contribution in [0.2, 0.25) is 0 Å². The maximum absolute atomic E-state index is 11.5. The molecule has 1 atom stereocenters. The Kier molecular flexibility index (Phi) is 2.92. The second-order valence-electron chi connectivity index (χ2n) is 3.25. The number of rotatable bonds is 3. The third-order valence-corrected chi connectivity index (χ3v) is 4.67. The van der Waals surface area contributed by atoms with E-state index in [1.807, 2.05) is 0 Å². The summed E-state index contributed by atoms with van der Waals surface area (Å²) in [6.45, 7) is 0. The van der Waals surface area contributed by atoms with Gasteiger partial charge in [0.2, 0.25) is 5.37 Å². The smallest absolute Gasteiger partial charge is 0.336 e. The minimum absolute atomic E-state index is 0.543. The van der Waals surface area contributed by atoms with E-state index in [1.165, 1.54) is 0 Å². The quantitative estimate of drug-likeness (QED) is 0.663. The number of carboxylic acids is 1. The van der Waals surface area contributed by atoms with Crippen molar-refractivity contribution in [2.75, 3.05) is 0 Å². The highest BCUT2D eigenvalue weighted by Crippen LogP contribution is 2.26. The number of sulfone groups is 1. The second-order valence-corrected chi connectivity index (χ2v) is 5.61. The van der Waals surface area contributed by atoms with Crippen molar-refractivity contribution in [2.45, 2.75) is 36.3 Å². The summed E-state index contributed by atoms with van der Waals surface area (Å²) in [5.41, 5.74) is 5.09. The Morgan fingerprint density at radius 2 is 1.85 bits per heavy atom. The number of nitrogens with two attached hydrogens (primary N) is 1. The molecule has 6 heteroatoms. The third kappa shape index (κ3) is 2.00. The molecule has 1 aliphatic carbocycles. The molecule has 3 N–H and O–H groups in total. The number of hydrogen-bond acceptors (Lipinski definition) is 4. The summed E-state index contributed by atoms with van der Waals surface area (Å²) < 4.78 is 22.9. The normalized spacial score (nSPS) is 21.6. The molecule has 0 amide bonds. The maximum atomic E-state index is 11.5. The van der Waals surface area contributed by atoms with Gasteiger partial charge >= 0.3 is 5.97 Å². The van der Waals surface area contributed by atoms with Crippen molar-refractivity contribution in [2.24, 2.45) is 5.73 Å². The lowest BCUT2D eigenvalue weighted by Gasteiger charge is -2.13. The molecule has 0 aromatic carbocycles. The molecule has 0 radical (unpaired) electrons. The molecular weight excluding hydrogens is 194 g/mol. The highest BCUT2D eigenvalue weighted by atomic mass is 32.2. The van der Waals surface area contributed by atoms with Crippen molar-refractivity contribution >= 4 is 15.8 Å². The van der Waals surface area contributed by atoms with Gasteiger partial charge in [-0.3, -0.25) is 0 Å². The number of carboxylic acid groups (broad SMARTS) is 1. The van der Waals surface area contributed by atoms with Gasteiger partial charge in [-0.15, -0.1) is 0 Å². The van der Waals surface area contributed by atoms with Crippen LogP contribution in [0.1, 0.15) is 25.7 Å². The predicted octanol–water partition coefficient (Wildman–Crippen LogP) is -0.287.